The van der Waals surface area contributed by atoms with Crippen molar-refractivity contribution < 1.29 is 14.3 Å². The molecule has 0 saturated carbocycles. The van der Waals surface area contributed by atoms with Gasteiger partial charge >= 0.3 is 0 Å². The van der Waals surface area contributed by atoms with E-state index in [-0.39, 0.29) is 23.9 Å². The lowest BCUT2D eigenvalue weighted by atomic mass is 9.96. The Morgan fingerprint density at radius 3 is 2.30 bits per heavy atom. The molecule has 3 atom stereocenters. The summed E-state index contributed by atoms with van der Waals surface area (Å²) in [5, 5.41) is 3.63. The summed E-state index contributed by atoms with van der Waals surface area (Å²) < 4.78 is 5.64. The van der Waals surface area contributed by atoms with Crippen LogP contribution in [-0.4, -0.2) is 34.9 Å². The van der Waals surface area contributed by atoms with E-state index in [1.165, 1.54) is 0 Å². The molecule has 2 aromatic rings. The average molecular weight is 449 g/mol. The van der Waals surface area contributed by atoms with Crippen molar-refractivity contribution in [2.24, 2.45) is 0 Å². The maximum Gasteiger partial charge on any atom is 0.265 e. The van der Waals surface area contributed by atoms with Crippen LogP contribution in [0.4, 0.5) is 5.69 Å². The third kappa shape index (κ3) is 5.27. The van der Waals surface area contributed by atoms with E-state index in [0.29, 0.717) is 27.0 Å². The third-order valence-electron chi connectivity index (χ3n) is 5.39. The Morgan fingerprint density at radius 2 is 1.70 bits per heavy atom. The molecular weight excluding hydrogens is 423 g/mol. The molecule has 1 heterocycles. The summed E-state index contributed by atoms with van der Waals surface area (Å²) in [4.78, 5) is 27.3. The molecule has 1 saturated heterocycles. The lowest BCUT2D eigenvalue weighted by Gasteiger charge is -2.39. The van der Waals surface area contributed by atoms with Crippen LogP contribution in [0.15, 0.2) is 42.5 Å². The predicted molar refractivity (Wildman–Crippen MR) is 121 cm³/mol. The Bertz CT molecular complexity index is 907. The highest BCUT2D eigenvalue weighted by Gasteiger charge is 2.29. The summed E-state index contributed by atoms with van der Waals surface area (Å²) in [6.07, 6.45) is 2.44. The second-order valence-electron chi connectivity index (χ2n) is 7.74. The molecule has 1 N–H and O–H groups in total. The number of amides is 2. The zero-order chi connectivity index (χ0) is 21.8. The summed E-state index contributed by atoms with van der Waals surface area (Å²) >= 11 is 12.0. The van der Waals surface area contributed by atoms with Crippen molar-refractivity contribution in [3.05, 3.63) is 58.1 Å². The van der Waals surface area contributed by atoms with Gasteiger partial charge in [0.15, 0.2) is 6.10 Å². The van der Waals surface area contributed by atoms with Crippen molar-refractivity contribution in [1.29, 1.82) is 0 Å². The van der Waals surface area contributed by atoms with E-state index in [1.807, 2.05) is 4.90 Å². The molecule has 7 heteroatoms. The van der Waals surface area contributed by atoms with E-state index < -0.39 is 6.10 Å². The molecule has 5 nitrogen and oxygen atoms in total. The van der Waals surface area contributed by atoms with Gasteiger partial charge in [-0.05, 0) is 82.5 Å². The quantitative estimate of drug-likeness (QED) is 0.628. The first-order valence-corrected chi connectivity index (χ1v) is 10.9. The maximum absolute atomic E-state index is 12.9. The summed E-state index contributed by atoms with van der Waals surface area (Å²) in [6.45, 7) is 5.82. The van der Waals surface area contributed by atoms with E-state index in [9.17, 15) is 9.59 Å². The number of likely N-dealkylation sites (tertiary alicyclic amines) is 1. The fourth-order valence-corrected chi connectivity index (χ4v) is 4.18. The number of ether oxygens (including phenoxy) is 1. The first-order valence-electron chi connectivity index (χ1n) is 10.1. The Balaban J connectivity index is 1.62. The van der Waals surface area contributed by atoms with Crippen LogP contribution in [0.5, 0.6) is 5.75 Å². The van der Waals surface area contributed by atoms with Gasteiger partial charge in [0, 0.05) is 28.4 Å². The monoisotopic (exact) mass is 448 g/mol. The molecule has 0 aliphatic carbocycles. The molecule has 160 valence electrons. The lowest BCUT2D eigenvalue weighted by Crippen LogP contribution is -2.47. The summed E-state index contributed by atoms with van der Waals surface area (Å²) in [6, 6.07) is 12.2. The number of carbonyl (C=O) groups is 2. The highest BCUT2D eigenvalue weighted by molar-refractivity contribution is 6.35. The fourth-order valence-electron chi connectivity index (χ4n) is 3.73. The van der Waals surface area contributed by atoms with Crippen LogP contribution in [-0.2, 0) is 4.79 Å². The second-order valence-corrected chi connectivity index (χ2v) is 8.59. The SMILES string of the molecule is C[C@H](Oc1ccc(Cl)cc1Cl)C(=O)Nc1ccc(C(=O)N2[C@H](C)CCC[C@@H]2C)cc1. The number of hydrogen-bond donors (Lipinski definition) is 1. The predicted octanol–water partition coefficient (Wildman–Crippen LogP) is 5.80. The van der Waals surface area contributed by atoms with Crippen LogP contribution in [0.25, 0.3) is 0 Å². The smallest absolute Gasteiger partial charge is 0.265 e. The van der Waals surface area contributed by atoms with Crippen molar-refractivity contribution in [2.45, 2.75) is 58.2 Å². The molecule has 0 bridgehead atoms. The molecule has 30 heavy (non-hydrogen) atoms. The van der Waals surface area contributed by atoms with Gasteiger partial charge in [-0.15, -0.1) is 0 Å². The molecule has 1 aliphatic rings. The summed E-state index contributed by atoms with van der Waals surface area (Å²) in [5.74, 6) is 0.0921. The number of halogens is 2. The zero-order valence-corrected chi connectivity index (χ0v) is 18.8. The van der Waals surface area contributed by atoms with Gasteiger partial charge in [0.1, 0.15) is 5.75 Å². The molecule has 0 radical (unpaired) electrons. The van der Waals surface area contributed by atoms with E-state index >= 15 is 0 Å². The fraction of sp³-hybridized carbons (Fsp3) is 0.391. The molecule has 1 aliphatic heterocycles. The molecule has 0 spiro atoms. The van der Waals surface area contributed by atoms with Crippen LogP contribution in [0.2, 0.25) is 10.0 Å². The van der Waals surface area contributed by atoms with E-state index in [0.717, 1.165) is 19.3 Å². The van der Waals surface area contributed by atoms with Crippen LogP contribution >= 0.6 is 23.2 Å². The van der Waals surface area contributed by atoms with Crippen molar-refractivity contribution in [1.82, 2.24) is 4.90 Å². The standard InChI is InChI=1S/C23H26Cl2N2O3/c1-14-5-4-6-15(2)27(14)23(29)17-7-10-19(11-8-17)26-22(28)16(3)30-21-12-9-18(24)13-20(21)25/h7-16H,4-6H2,1-3H3,(H,26,28)/t14-,15+,16-/m0/s1. The highest BCUT2D eigenvalue weighted by Crippen LogP contribution is 2.29. The number of anilines is 1. The normalized spacial score (nSPS) is 19.8. The number of benzene rings is 2. The van der Waals surface area contributed by atoms with Crippen molar-refractivity contribution in [2.75, 3.05) is 5.32 Å². The molecule has 0 unspecified atom stereocenters. The minimum Gasteiger partial charge on any atom is -0.479 e. The first-order chi connectivity index (χ1) is 14.3. The largest absolute Gasteiger partial charge is 0.479 e. The molecule has 3 rings (SSSR count). The minimum atomic E-state index is -0.764. The molecule has 2 amide bonds. The molecule has 0 aromatic heterocycles. The van der Waals surface area contributed by atoms with Crippen LogP contribution in [0.1, 0.15) is 50.4 Å². The maximum atomic E-state index is 12.9. The highest BCUT2D eigenvalue weighted by atomic mass is 35.5. The molecular formula is C23H26Cl2N2O3. The van der Waals surface area contributed by atoms with E-state index in [4.69, 9.17) is 27.9 Å². The summed E-state index contributed by atoms with van der Waals surface area (Å²) in [7, 11) is 0. The van der Waals surface area contributed by atoms with Crippen molar-refractivity contribution in [3.63, 3.8) is 0 Å². The van der Waals surface area contributed by atoms with Crippen molar-refractivity contribution >= 4 is 40.7 Å². The van der Waals surface area contributed by atoms with Gasteiger partial charge in [-0.1, -0.05) is 23.2 Å². The minimum absolute atomic E-state index is 0.0293. The number of nitrogens with zero attached hydrogens (tertiary/aromatic N) is 1. The number of rotatable bonds is 5. The summed E-state index contributed by atoms with van der Waals surface area (Å²) in [5.41, 5.74) is 1.21. The number of hydrogen-bond acceptors (Lipinski definition) is 3. The van der Waals surface area contributed by atoms with Gasteiger partial charge in [0.25, 0.3) is 11.8 Å². The number of piperidine rings is 1. The van der Waals surface area contributed by atoms with Gasteiger partial charge in [-0.2, -0.15) is 0 Å². The Morgan fingerprint density at radius 1 is 1.07 bits per heavy atom. The first kappa shape index (κ1) is 22.4. The van der Waals surface area contributed by atoms with Crippen molar-refractivity contribution in [3.8, 4) is 5.75 Å². The topological polar surface area (TPSA) is 58.6 Å². The van der Waals surface area contributed by atoms with Gasteiger partial charge in [-0.3, -0.25) is 9.59 Å². The van der Waals surface area contributed by atoms with Gasteiger partial charge in [-0.25, -0.2) is 0 Å². The zero-order valence-electron chi connectivity index (χ0n) is 17.3. The van der Waals surface area contributed by atoms with E-state index in [2.05, 4.69) is 19.2 Å². The van der Waals surface area contributed by atoms with Crippen LogP contribution in [0, 0.1) is 0 Å². The number of nitrogens with one attached hydrogen (secondary N) is 1. The van der Waals surface area contributed by atoms with Gasteiger partial charge < -0.3 is 15.0 Å². The third-order valence-corrected chi connectivity index (χ3v) is 5.92. The molecule has 1 fully saturated rings. The molecule has 2 aromatic carbocycles. The average Bonchev–Trinajstić information content (AvgIpc) is 2.70. The van der Waals surface area contributed by atoms with Gasteiger partial charge in [0.05, 0.1) is 5.02 Å². The van der Waals surface area contributed by atoms with Gasteiger partial charge in [0.2, 0.25) is 0 Å². The lowest BCUT2D eigenvalue weighted by molar-refractivity contribution is -0.122. The van der Waals surface area contributed by atoms with Crippen LogP contribution in [0.3, 0.4) is 0 Å². The Kier molecular flexibility index (Phi) is 7.27. The Labute approximate surface area is 187 Å². The van der Waals surface area contributed by atoms with Crippen LogP contribution < -0.4 is 10.1 Å². The number of carbonyl (C=O) groups excluding carboxylic acids is 2. The van der Waals surface area contributed by atoms with E-state index in [1.54, 1.807) is 49.4 Å². The Hall–Kier alpha value is -2.24. The second kappa shape index (κ2) is 9.71.